The van der Waals surface area contributed by atoms with E-state index >= 15 is 0 Å². The van der Waals surface area contributed by atoms with Crippen molar-refractivity contribution in [3.63, 3.8) is 0 Å². The normalized spacial score (nSPS) is 16.5. The molecule has 0 amide bonds. The quantitative estimate of drug-likeness (QED) is 0.512. The van der Waals surface area contributed by atoms with Gasteiger partial charge >= 0.3 is 0 Å². The Morgan fingerprint density at radius 1 is 1.17 bits per heavy atom. The van der Waals surface area contributed by atoms with Gasteiger partial charge in [0, 0.05) is 13.0 Å². The zero-order valence-electron chi connectivity index (χ0n) is 16.5. The second-order valence-corrected chi connectivity index (χ2v) is 7.13. The molecule has 10 nitrogen and oxygen atoms in total. The number of fused-ring (bicyclic) bond motifs is 1. The first-order chi connectivity index (χ1) is 14.7. The van der Waals surface area contributed by atoms with Gasteiger partial charge in [0.1, 0.15) is 11.5 Å². The van der Waals surface area contributed by atoms with Crippen LogP contribution < -0.4 is 5.73 Å². The Bertz CT molecular complexity index is 1180. The van der Waals surface area contributed by atoms with Crippen molar-refractivity contribution in [1.29, 1.82) is 0 Å². The van der Waals surface area contributed by atoms with E-state index in [9.17, 15) is 0 Å². The van der Waals surface area contributed by atoms with Gasteiger partial charge in [-0.3, -0.25) is 4.98 Å². The maximum atomic E-state index is 5.94. The summed E-state index contributed by atoms with van der Waals surface area (Å²) in [5, 5.41) is 8.50. The Hall–Kier alpha value is -3.37. The van der Waals surface area contributed by atoms with Crippen molar-refractivity contribution < 1.29 is 13.9 Å². The van der Waals surface area contributed by atoms with Crippen molar-refractivity contribution in [3.05, 3.63) is 47.5 Å². The van der Waals surface area contributed by atoms with Crippen molar-refractivity contribution in [2.45, 2.75) is 39.2 Å². The van der Waals surface area contributed by atoms with E-state index in [2.05, 4.69) is 25.3 Å². The Kier molecular flexibility index (Phi) is 4.85. The first-order valence-corrected chi connectivity index (χ1v) is 9.77. The number of aromatic nitrogens is 6. The Balaban J connectivity index is 1.40. The van der Waals surface area contributed by atoms with Crippen LogP contribution in [0.2, 0.25) is 0 Å². The number of aryl methyl sites for hydroxylation is 1. The van der Waals surface area contributed by atoms with Gasteiger partial charge in [0.25, 0.3) is 0 Å². The lowest BCUT2D eigenvalue weighted by molar-refractivity contribution is -0.119. The van der Waals surface area contributed by atoms with E-state index in [1.807, 2.05) is 37.3 Å². The highest BCUT2D eigenvalue weighted by Gasteiger charge is 2.19. The number of rotatable bonds is 6. The minimum Gasteiger partial charge on any atom is -0.460 e. The lowest BCUT2D eigenvalue weighted by Gasteiger charge is -2.11. The predicted octanol–water partition coefficient (Wildman–Crippen LogP) is 2.47. The third-order valence-electron chi connectivity index (χ3n) is 4.84. The van der Waals surface area contributed by atoms with E-state index in [-0.39, 0.29) is 12.2 Å². The zero-order chi connectivity index (χ0) is 20.5. The summed E-state index contributed by atoms with van der Waals surface area (Å²) in [5.74, 6) is 1.47. The molecule has 0 bridgehead atoms. The molecule has 2 N–H and O–H groups in total. The molecule has 5 rings (SSSR count). The highest BCUT2D eigenvalue weighted by Crippen LogP contribution is 2.27. The van der Waals surface area contributed by atoms with Crippen LogP contribution in [-0.2, 0) is 22.6 Å². The zero-order valence-corrected chi connectivity index (χ0v) is 16.5. The number of anilines is 1. The molecule has 1 aliphatic rings. The van der Waals surface area contributed by atoms with Crippen molar-refractivity contribution >= 4 is 17.1 Å². The average Bonchev–Trinajstić information content (AvgIpc) is 3.48. The molecule has 0 aliphatic carbocycles. The average molecular weight is 407 g/mol. The molecule has 1 saturated heterocycles. The highest BCUT2D eigenvalue weighted by molar-refractivity contribution is 5.86. The Morgan fingerprint density at radius 2 is 2.07 bits per heavy atom. The molecule has 4 aromatic rings. The molecular formula is C20H21N7O3. The number of hydrogen-bond acceptors (Lipinski definition) is 9. The van der Waals surface area contributed by atoms with Crippen LogP contribution in [0, 0.1) is 6.92 Å². The largest absolute Gasteiger partial charge is 0.460 e. The number of nitrogens with zero attached hydrogens (tertiary/aromatic N) is 6. The number of furan rings is 1. The van der Waals surface area contributed by atoms with Gasteiger partial charge < -0.3 is 19.6 Å². The smallest absolute Gasteiger partial charge is 0.222 e. The van der Waals surface area contributed by atoms with E-state index in [1.165, 1.54) is 0 Å². The van der Waals surface area contributed by atoms with Crippen molar-refractivity contribution in [1.82, 2.24) is 29.9 Å². The predicted molar refractivity (Wildman–Crippen MR) is 107 cm³/mol. The van der Waals surface area contributed by atoms with Crippen LogP contribution in [0.25, 0.3) is 22.6 Å². The van der Waals surface area contributed by atoms with Gasteiger partial charge in [0.2, 0.25) is 5.95 Å². The fourth-order valence-electron chi connectivity index (χ4n) is 3.42. The molecule has 0 aromatic carbocycles. The molecule has 154 valence electrons. The fourth-order valence-corrected chi connectivity index (χ4v) is 3.42. The summed E-state index contributed by atoms with van der Waals surface area (Å²) < 4.78 is 18.6. The minimum atomic E-state index is -0.141. The third-order valence-corrected chi connectivity index (χ3v) is 4.84. The van der Waals surface area contributed by atoms with E-state index in [0.717, 1.165) is 36.6 Å². The van der Waals surface area contributed by atoms with Crippen LogP contribution in [0.4, 0.5) is 5.95 Å². The Morgan fingerprint density at radius 3 is 2.87 bits per heavy atom. The monoisotopic (exact) mass is 407 g/mol. The molecular weight excluding hydrogens is 386 g/mol. The molecule has 1 atom stereocenters. The van der Waals surface area contributed by atoms with E-state index in [0.29, 0.717) is 35.8 Å². The summed E-state index contributed by atoms with van der Waals surface area (Å²) in [6.45, 7) is 3.40. The molecule has 4 aromatic heterocycles. The molecule has 30 heavy (non-hydrogen) atoms. The van der Waals surface area contributed by atoms with Crippen LogP contribution in [0.3, 0.4) is 0 Å². The van der Waals surface area contributed by atoms with Crippen LogP contribution in [0.5, 0.6) is 0 Å². The fraction of sp³-hybridized carbons (Fsp3) is 0.350. The van der Waals surface area contributed by atoms with Crippen molar-refractivity contribution in [3.8, 4) is 11.5 Å². The van der Waals surface area contributed by atoms with E-state index in [4.69, 9.17) is 19.6 Å². The second-order valence-electron chi connectivity index (χ2n) is 7.13. The molecule has 0 unspecified atom stereocenters. The summed E-state index contributed by atoms with van der Waals surface area (Å²) in [6.07, 6.45) is 1.81. The topological polar surface area (TPSA) is 127 Å². The van der Waals surface area contributed by atoms with Crippen molar-refractivity contribution in [2.75, 3.05) is 12.3 Å². The summed E-state index contributed by atoms with van der Waals surface area (Å²) in [5.41, 5.74) is 9.14. The number of ether oxygens (including phenoxy) is 2. The molecule has 5 heterocycles. The second kappa shape index (κ2) is 7.81. The van der Waals surface area contributed by atoms with Crippen LogP contribution in [0.15, 0.2) is 34.7 Å². The SMILES string of the molecule is Cc1ccc(-c2nc(N)nc3c2nnn3Cc2cccc(CO[C@H]3CCCO3)n2)o1. The highest BCUT2D eigenvalue weighted by atomic mass is 16.7. The number of nitrogen functional groups attached to an aromatic ring is 1. The van der Waals surface area contributed by atoms with E-state index < -0.39 is 0 Å². The van der Waals surface area contributed by atoms with Gasteiger partial charge in [0.15, 0.2) is 23.2 Å². The standard InChI is InChI=1S/C20H21N7O3/c1-12-7-8-15(30-12)17-18-19(24-20(21)23-17)27(26-25-18)10-13-4-2-5-14(22-13)11-29-16-6-3-9-28-16/h2,4-5,7-8,16H,3,6,9-11H2,1H3,(H2,21,23,24)/t16-/m0/s1. The van der Waals surface area contributed by atoms with Gasteiger partial charge in [-0.1, -0.05) is 11.3 Å². The van der Waals surface area contributed by atoms with Crippen LogP contribution in [0.1, 0.15) is 30.0 Å². The molecule has 1 aliphatic heterocycles. The summed E-state index contributed by atoms with van der Waals surface area (Å²) in [4.78, 5) is 13.3. The molecule has 0 saturated carbocycles. The van der Waals surface area contributed by atoms with Crippen LogP contribution in [-0.4, -0.2) is 42.8 Å². The molecule has 10 heteroatoms. The third kappa shape index (κ3) is 3.74. The van der Waals surface area contributed by atoms with Crippen LogP contribution >= 0.6 is 0 Å². The van der Waals surface area contributed by atoms with Gasteiger partial charge in [-0.15, -0.1) is 5.10 Å². The van der Waals surface area contributed by atoms with Gasteiger partial charge in [-0.25, -0.2) is 9.67 Å². The number of nitrogens with two attached hydrogens (primary N) is 1. The van der Waals surface area contributed by atoms with Gasteiger partial charge in [0.05, 0.1) is 24.5 Å². The Labute approximate surface area is 172 Å². The maximum absolute atomic E-state index is 5.94. The van der Waals surface area contributed by atoms with Gasteiger partial charge in [-0.05, 0) is 37.6 Å². The molecule has 1 fully saturated rings. The summed E-state index contributed by atoms with van der Waals surface area (Å²) in [6, 6.07) is 9.47. The minimum absolute atomic E-state index is 0.127. The van der Waals surface area contributed by atoms with E-state index in [1.54, 1.807) is 4.68 Å². The molecule has 0 spiro atoms. The lowest BCUT2D eigenvalue weighted by Crippen LogP contribution is -2.12. The first kappa shape index (κ1) is 18.6. The lowest BCUT2D eigenvalue weighted by atomic mass is 10.3. The molecule has 0 radical (unpaired) electrons. The maximum Gasteiger partial charge on any atom is 0.222 e. The van der Waals surface area contributed by atoms with Crippen molar-refractivity contribution in [2.24, 2.45) is 0 Å². The summed E-state index contributed by atoms with van der Waals surface area (Å²) >= 11 is 0. The van der Waals surface area contributed by atoms with Gasteiger partial charge in [-0.2, -0.15) is 4.98 Å². The summed E-state index contributed by atoms with van der Waals surface area (Å²) in [7, 11) is 0. The number of hydrogen-bond donors (Lipinski definition) is 1. The number of pyridine rings is 1. The first-order valence-electron chi connectivity index (χ1n) is 9.77.